The Labute approximate surface area is 171 Å². The molecular weight excluding hydrogens is 354 g/mol. The van der Waals surface area contributed by atoms with Crippen LogP contribution in [0, 0.1) is 11.3 Å². The van der Waals surface area contributed by atoms with E-state index in [0.717, 1.165) is 44.5 Å². The van der Waals surface area contributed by atoms with Crippen LogP contribution >= 0.6 is 11.9 Å². The van der Waals surface area contributed by atoms with Gasteiger partial charge < -0.3 is 4.90 Å². The number of hydrogen-bond acceptors (Lipinski definition) is 4. The number of carbonyl (C=O) groups is 1. The third-order valence-electron chi connectivity index (χ3n) is 4.86. The van der Waals surface area contributed by atoms with E-state index in [1.165, 1.54) is 5.57 Å². The number of likely N-dealkylation sites (tertiary alicyclic amines) is 1. The first-order chi connectivity index (χ1) is 12.5. The average molecular weight is 394 g/mol. The molecule has 2 atom stereocenters. The lowest BCUT2D eigenvalue weighted by Crippen LogP contribution is -2.30. The van der Waals surface area contributed by atoms with Gasteiger partial charge in [-0.2, -0.15) is 0 Å². The smallest absolute Gasteiger partial charge is 0.209 e. The minimum Gasteiger partial charge on any atom is -0.345 e. The van der Waals surface area contributed by atoms with Crippen molar-refractivity contribution in [3.63, 3.8) is 0 Å². The molecule has 1 amide bonds. The average Bonchev–Trinajstić information content (AvgIpc) is 3.03. The van der Waals surface area contributed by atoms with Crippen molar-refractivity contribution < 1.29 is 4.79 Å². The fraction of sp³-hybridized carbons (Fsp3) is 0.727. The third kappa shape index (κ3) is 8.65. The van der Waals surface area contributed by atoms with Crippen molar-refractivity contribution in [1.82, 2.24) is 9.62 Å². The van der Waals surface area contributed by atoms with Gasteiger partial charge in [-0.1, -0.05) is 38.8 Å². The zero-order valence-electron chi connectivity index (χ0n) is 18.3. The second-order valence-electron chi connectivity index (χ2n) is 9.44. The molecule has 1 rings (SSSR count). The lowest BCUT2D eigenvalue weighted by Gasteiger charge is -2.27. The quantitative estimate of drug-likeness (QED) is 0.253. The van der Waals surface area contributed by atoms with Gasteiger partial charge in [-0.3, -0.25) is 14.5 Å². The van der Waals surface area contributed by atoms with E-state index in [9.17, 15) is 4.79 Å². The van der Waals surface area contributed by atoms with Gasteiger partial charge in [-0.25, -0.2) is 0 Å². The summed E-state index contributed by atoms with van der Waals surface area (Å²) < 4.78 is 3.77. The normalized spacial score (nSPS) is 20.7. The van der Waals surface area contributed by atoms with Gasteiger partial charge in [0.05, 0.1) is 11.7 Å². The molecule has 1 N–H and O–H groups in total. The Hall–Kier alpha value is -1.07. The molecule has 154 valence electrons. The molecule has 0 saturated carbocycles. The maximum Gasteiger partial charge on any atom is 0.209 e. The molecule has 2 unspecified atom stereocenters. The number of allylic oxidation sites excluding steroid dienone is 3. The lowest BCUT2D eigenvalue weighted by molar-refractivity contribution is -0.117. The van der Waals surface area contributed by atoms with E-state index in [2.05, 4.69) is 77.1 Å². The van der Waals surface area contributed by atoms with Crippen LogP contribution < -0.4 is 4.72 Å². The fourth-order valence-corrected chi connectivity index (χ4v) is 3.99. The van der Waals surface area contributed by atoms with Crippen molar-refractivity contribution >= 4 is 25.1 Å². The Bertz CT molecular complexity index is 555. The van der Waals surface area contributed by atoms with Gasteiger partial charge in [0.1, 0.15) is 0 Å². The number of nitrogens with one attached hydrogen (secondary N) is 1. The Morgan fingerprint density at radius 2 is 2.00 bits per heavy atom. The molecule has 1 saturated heterocycles. The predicted octanol–water partition coefficient (Wildman–Crippen LogP) is 5.23. The highest BCUT2D eigenvalue weighted by Gasteiger charge is 2.25. The number of aliphatic imine (C=N–C) groups is 1. The highest BCUT2D eigenvalue weighted by Crippen LogP contribution is 2.31. The van der Waals surface area contributed by atoms with Crippen molar-refractivity contribution in [2.24, 2.45) is 16.3 Å². The zero-order valence-corrected chi connectivity index (χ0v) is 19.2. The minimum absolute atomic E-state index is 0.0718. The van der Waals surface area contributed by atoms with E-state index in [1.807, 2.05) is 4.90 Å². The second-order valence-corrected chi connectivity index (χ2v) is 11.1. The van der Waals surface area contributed by atoms with Gasteiger partial charge in [-0.15, -0.1) is 0 Å². The van der Waals surface area contributed by atoms with E-state index < -0.39 is 0 Å². The summed E-state index contributed by atoms with van der Waals surface area (Å²) >= 11 is 1.75. The number of hydrogen-bond donors (Lipinski definition) is 1. The maximum atomic E-state index is 11.0. The van der Waals surface area contributed by atoms with Crippen LogP contribution in [-0.4, -0.2) is 41.9 Å². The topological polar surface area (TPSA) is 44.7 Å². The van der Waals surface area contributed by atoms with Crippen LogP contribution in [0.25, 0.3) is 0 Å². The van der Waals surface area contributed by atoms with Crippen LogP contribution in [0.15, 0.2) is 28.4 Å². The molecular formula is C22H39N3OS. The summed E-state index contributed by atoms with van der Waals surface area (Å²) in [5.74, 6) is 0.578. The molecule has 5 heteroatoms. The summed E-state index contributed by atoms with van der Waals surface area (Å²) in [6, 6.07) is 0.148. The molecule has 4 nitrogen and oxygen atoms in total. The Morgan fingerprint density at radius 3 is 2.44 bits per heavy atom. The summed E-state index contributed by atoms with van der Waals surface area (Å²) in [5, 5.41) is 0. The number of amides is 1. The number of carbonyl (C=O) groups excluding carboxylic acids is 1. The first kappa shape index (κ1) is 24.0. The summed E-state index contributed by atoms with van der Waals surface area (Å²) in [5.41, 5.74) is 2.34. The van der Waals surface area contributed by atoms with Crippen molar-refractivity contribution in [3.8, 4) is 0 Å². The zero-order chi connectivity index (χ0) is 20.7. The largest absolute Gasteiger partial charge is 0.345 e. The van der Waals surface area contributed by atoms with E-state index in [0.29, 0.717) is 5.92 Å². The minimum atomic E-state index is 0.0718. The number of rotatable bonds is 9. The number of nitrogens with zero attached hydrogens (tertiary/aromatic N) is 2. The van der Waals surface area contributed by atoms with Crippen LogP contribution in [0.2, 0.25) is 0 Å². The SMILES string of the molecule is C=N/C(=C\C(=C/C)C(C)(C)C)C(CCC1CCN(C=O)C1)NSC(C)(C)C. The Morgan fingerprint density at radius 1 is 1.33 bits per heavy atom. The summed E-state index contributed by atoms with van der Waals surface area (Å²) in [6.45, 7) is 21.0. The maximum absolute atomic E-state index is 11.0. The molecule has 0 spiro atoms. The van der Waals surface area contributed by atoms with E-state index in [1.54, 1.807) is 11.9 Å². The molecule has 0 radical (unpaired) electrons. The Kier molecular flexibility index (Phi) is 9.29. The molecule has 0 aliphatic carbocycles. The highest BCUT2D eigenvalue weighted by atomic mass is 32.2. The third-order valence-corrected chi connectivity index (χ3v) is 5.87. The van der Waals surface area contributed by atoms with Crippen molar-refractivity contribution in [2.45, 2.75) is 78.5 Å². The molecule has 27 heavy (non-hydrogen) atoms. The van der Waals surface area contributed by atoms with Crippen molar-refractivity contribution in [2.75, 3.05) is 13.1 Å². The van der Waals surface area contributed by atoms with E-state index >= 15 is 0 Å². The van der Waals surface area contributed by atoms with Crippen molar-refractivity contribution in [1.29, 1.82) is 0 Å². The molecule has 0 aromatic heterocycles. The van der Waals surface area contributed by atoms with Gasteiger partial charge >= 0.3 is 0 Å². The summed E-state index contributed by atoms with van der Waals surface area (Å²) in [6.07, 6.45) is 8.51. The first-order valence-corrected chi connectivity index (χ1v) is 10.8. The van der Waals surface area contributed by atoms with Crippen molar-refractivity contribution in [3.05, 3.63) is 23.4 Å². The Balaban J connectivity index is 2.93. The monoisotopic (exact) mass is 393 g/mol. The fourth-order valence-electron chi connectivity index (χ4n) is 3.26. The van der Waals surface area contributed by atoms with Crippen LogP contribution in [0.1, 0.15) is 67.7 Å². The predicted molar refractivity (Wildman–Crippen MR) is 120 cm³/mol. The lowest BCUT2D eigenvalue weighted by atomic mass is 9.85. The molecule has 0 aromatic rings. The van der Waals surface area contributed by atoms with Crippen LogP contribution in [0.5, 0.6) is 0 Å². The van der Waals surface area contributed by atoms with Crippen LogP contribution in [-0.2, 0) is 4.79 Å². The summed E-state index contributed by atoms with van der Waals surface area (Å²) in [7, 11) is 0. The molecule has 1 aliphatic heterocycles. The first-order valence-electron chi connectivity index (χ1n) is 9.98. The molecule has 1 fully saturated rings. The standard InChI is InChI=1S/C22H39N3OS/c1-9-18(21(2,3)4)14-20(23-8)19(24-27-22(5,6)7)11-10-17-12-13-25(15-17)16-26/h9,14,16-17,19,24H,8,10-13,15H2,1-7H3/b18-9+,20-14-. The van der Waals surface area contributed by atoms with Gasteiger partial charge in [0, 0.05) is 17.8 Å². The van der Waals surface area contributed by atoms with Gasteiger partial charge in [-0.05, 0) is 76.7 Å². The van der Waals surface area contributed by atoms with Gasteiger partial charge in [0.2, 0.25) is 6.41 Å². The molecule has 0 aromatic carbocycles. The highest BCUT2D eigenvalue weighted by molar-refractivity contribution is 7.98. The van der Waals surface area contributed by atoms with E-state index in [4.69, 9.17) is 0 Å². The van der Waals surface area contributed by atoms with Gasteiger partial charge in [0.15, 0.2) is 0 Å². The van der Waals surface area contributed by atoms with Gasteiger partial charge in [0.25, 0.3) is 0 Å². The molecule has 1 aliphatic rings. The van der Waals surface area contributed by atoms with E-state index in [-0.39, 0.29) is 16.2 Å². The van der Waals surface area contributed by atoms with Crippen LogP contribution in [0.3, 0.4) is 0 Å². The summed E-state index contributed by atoms with van der Waals surface area (Å²) in [4.78, 5) is 17.3. The molecule has 1 heterocycles. The van der Waals surface area contributed by atoms with Crippen LogP contribution in [0.4, 0.5) is 0 Å². The second kappa shape index (κ2) is 10.5. The molecule has 0 bridgehead atoms.